The highest BCUT2D eigenvalue weighted by molar-refractivity contribution is 7.89. The second-order valence-electron chi connectivity index (χ2n) is 5.81. The lowest BCUT2D eigenvalue weighted by molar-refractivity contribution is -0.150. The van der Waals surface area contributed by atoms with Crippen LogP contribution in [0.15, 0.2) is 53.4 Å². The van der Waals surface area contributed by atoms with Gasteiger partial charge in [0, 0.05) is 0 Å². The molecule has 0 fully saturated rings. The average Bonchev–Trinajstić information content (AvgIpc) is 2.65. The summed E-state index contributed by atoms with van der Waals surface area (Å²) in [4.78, 5) is 23.5. The van der Waals surface area contributed by atoms with Crippen molar-refractivity contribution in [3.05, 3.63) is 59.9 Å². The van der Waals surface area contributed by atoms with E-state index in [-0.39, 0.29) is 4.90 Å². The van der Waals surface area contributed by atoms with Crippen molar-refractivity contribution in [1.82, 2.24) is 5.32 Å². The molecule has 0 spiro atoms. The summed E-state index contributed by atoms with van der Waals surface area (Å²) in [6.07, 6.45) is 0. The first kappa shape index (κ1) is 21.3. The third-order valence-electron chi connectivity index (χ3n) is 3.62. The van der Waals surface area contributed by atoms with Crippen molar-refractivity contribution in [2.24, 2.45) is 5.14 Å². The van der Waals surface area contributed by atoms with Crippen LogP contribution in [0.25, 0.3) is 0 Å². The van der Waals surface area contributed by atoms with Crippen LogP contribution in [-0.4, -0.2) is 33.5 Å². The number of hydrogen-bond donors (Lipinski definition) is 2. The molecule has 150 valence electrons. The highest BCUT2D eigenvalue weighted by Crippen LogP contribution is 2.15. The van der Waals surface area contributed by atoms with Gasteiger partial charge in [-0.15, -0.1) is 0 Å². The number of ether oxygens (including phenoxy) is 2. The normalized spacial score (nSPS) is 12.1. The number of nitrogens with one attached hydrogen (secondary N) is 1. The van der Waals surface area contributed by atoms with Crippen molar-refractivity contribution in [2.45, 2.75) is 17.9 Å². The minimum Gasteiger partial charge on any atom is -0.482 e. The smallest absolute Gasteiger partial charge is 0.344 e. The third kappa shape index (κ3) is 6.63. The molecular weight excluding hydrogens is 391 g/mol. The molecule has 0 aliphatic rings. The summed E-state index contributed by atoms with van der Waals surface area (Å²) in [6.45, 7) is 0.748. The topological polar surface area (TPSA) is 125 Å². The summed E-state index contributed by atoms with van der Waals surface area (Å²) in [7, 11) is -3.79. The molecule has 28 heavy (non-hydrogen) atoms. The Balaban J connectivity index is 1.76. The van der Waals surface area contributed by atoms with Gasteiger partial charge in [0.15, 0.2) is 13.2 Å². The summed E-state index contributed by atoms with van der Waals surface area (Å²) in [5.74, 6) is -1.44. The Labute approximate surface area is 161 Å². The molecule has 0 bridgehead atoms. The molecule has 2 aromatic carbocycles. The SMILES string of the molecule is C[C@H](NC(=O)COC(=O)COc1ccc(F)cc1)c1ccc(S(N)(=O)=O)cc1. The van der Waals surface area contributed by atoms with Crippen LogP contribution in [0.2, 0.25) is 0 Å². The quantitative estimate of drug-likeness (QED) is 0.632. The number of halogens is 1. The summed E-state index contributed by atoms with van der Waals surface area (Å²) in [6, 6.07) is 10.4. The summed E-state index contributed by atoms with van der Waals surface area (Å²) >= 11 is 0. The fourth-order valence-electron chi connectivity index (χ4n) is 2.17. The molecule has 0 aliphatic carbocycles. The molecule has 0 unspecified atom stereocenters. The number of carbonyl (C=O) groups is 2. The maximum Gasteiger partial charge on any atom is 0.344 e. The molecule has 0 aromatic heterocycles. The van der Waals surface area contributed by atoms with Gasteiger partial charge in [0.25, 0.3) is 5.91 Å². The number of benzene rings is 2. The van der Waals surface area contributed by atoms with Crippen LogP contribution < -0.4 is 15.2 Å². The van der Waals surface area contributed by atoms with Crippen molar-refractivity contribution >= 4 is 21.9 Å². The molecule has 8 nitrogen and oxygen atoms in total. The number of amides is 1. The number of rotatable bonds is 8. The van der Waals surface area contributed by atoms with Gasteiger partial charge in [0.2, 0.25) is 10.0 Å². The first-order valence-electron chi connectivity index (χ1n) is 8.11. The van der Waals surface area contributed by atoms with Crippen molar-refractivity contribution < 1.29 is 31.9 Å². The summed E-state index contributed by atoms with van der Waals surface area (Å²) in [5, 5.41) is 7.64. The molecule has 0 saturated carbocycles. The zero-order valence-electron chi connectivity index (χ0n) is 14.9. The van der Waals surface area contributed by atoms with E-state index in [4.69, 9.17) is 14.6 Å². The minimum atomic E-state index is -3.79. The minimum absolute atomic E-state index is 0.0372. The zero-order chi connectivity index (χ0) is 20.7. The van der Waals surface area contributed by atoms with Gasteiger partial charge in [0.05, 0.1) is 10.9 Å². The maximum absolute atomic E-state index is 12.8. The van der Waals surface area contributed by atoms with E-state index in [1.807, 2.05) is 0 Å². The molecule has 2 aromatic rings. The number of sulfonamides is 1. The predicted molar refractivity (Wildman–Crippen MR) is 97.2 cm³/mol. The van der Waals surface area contributed by atoms with E-state index in [1.165, 1.54) is 48.5 Å². The largest absolute Gasteiger partial charge is 0.482 e. The van der Waals surface area contributed by atoms with Gasteiger partial charge in [-0.3, -0.25) is 4.79 Å². The second-order valence-corrected chi connectivity index (χ2v) is 7.37. The van der Waals surface area contributed by atoms with Gasteiger partial charge in [-0.25, -0.2) is 22.7 Å². The fourth-order valence-corrected chi connectivity index (χ4v) is 2.69. The molecular formula is C18H19FN2O6S. The monoisotopic (exact) mass is 410 g/mol. The number of esters is 1. The lowest BCUT2D eigenvalue weighted by Crippen LogP contribution is -2.32. The van der Waals surface area contributed by atoms with E-state index < -0.39 is 47.0 Å². The van der Waals surface area contributed by atoms with Crippen LogP contribution in [0.5, 0.6) is 5.75 Å². The van der Waals surface area contributed by atoms with E-state index in [2.05, 4.69) is 5.32 Å². The Kier molecular flexibility index (Phi) is 7.07. The highest BCUT2D eigenvalue weighted by Gasteiger charge is 2.14. The van der Waals surface area contributed by atoms with Crippen molar-refractivity contribution in [2.75, 3.05) is 13.2 Å². The molecule has 0 saturated heterocycles. The molecule has 0 aliphatic heterocycles. The summed E-state index contributed by atoms with van der Waals surface area (Å²) in [5.41, 5.74) is 0.645. The van der Waals surface area contributed by atoms with Crippen LogP contribution in [0.4, 0.5) is 4.39 Å². The first-order valence-corrected chi connectivity index (χ1v) is 9.66. The van der Waals surface area contributed by atoms with Gasteiger partial charge in [-0.1, -0.05) is 12.1 Å². The molecule has 3 N–H and O–H groups in total. The van der Waals surface area contributed by atoms with Gasteiger partial charge in [-0.05, 0) is 48.9 Å². The van der Waals surface area contributed by atoms with Crippen LogP contribution >= 0.6 is 0 Å². The number of nitrogens with two attached hydrogens (primary N) is 1. The van der Waals surface area contributed by atoms with Crippen LogP contribution in [-0.2, 0) is 24.3 Å². The van der Waals surface area contributed by atoms with Crippen LogP contribution in [0.1, 0.15) is 18.5 Å². The van der Waals surface area contributed by atoms with Crippen molar-refractivity contribution in [1.29, 1.82) is 0 Å². The third-order valence-corrected chi connectivity index (χ3v) is 4.55. The Morgan fingerprint density at radius 3 is 2.25 bits per heavy atom. The Hall–Kier alpha value is -2.98. The highest BCUT2D eigenvalue weighted by atomic mass is 32.2. The van der Waals surface area contributed by atoms with Gasteiger partial charge in [0.1, 0.15) is 11.6 Å². The van der Waals surface area contributed by atoms with Crippen molar-refractivity contribution in [3.8, 4) is 5.75 Å². The van der Waals surface area contributed by atoms with E-state index in [0.29, 0.717) is 11.3 Å². The lowest BCUT2D eigenvalue weighted by atomic mass is 10.1. The molecule has 1 atom stereocenters. The number of primary sulfonamides is 1. The maximum atomic E-state index is 12.8. The van der Waals surface area contributed by atoms with Crippen LogP contribution in [0.3, 0.4) is 0 Å². The van der Waals surface area contributed by atoms with Gasteiger partial charge in [-0.2, -0.15) is 0 Å². The first-order chi connectivity index (χ1) is 13.1. The van der Waals surface area contributed by atoms with E-state index >= 15 is 0 Å². The fraction of sp³-hybridized carbons (Fsp3) is 0.222. The Morgan fingerprint density at radius 1 is 1.07 bits per heavy atom. The number of hydrogen-bond acceptors (Lipinski definition) is 6. The zero-order valence-corrected chi connectivity index (χ0v) is 15.7. The molecule has 2 rings (SSSR count). The van der Waals surface area contributed by atoms with Crippen LogP contribution in [0, 0.1) is 5.82 Å². The lowest BCUT2D eigenvalue weighted by Gasteiger charge is -2.15. The average molecular weight is 410 g/mol. The van der Waals surface area contributed by atoms with E-state index in [9.17, 15) is 22.4 Å². The Bertz CT molecular complexity index is 930. The summed E-state index contributed by atoms with van der Waals surface area (Å²) < 4.78 is 45.2. The van der Waals surface area contributed by atoms with Gasteiger partial charge >= 0.3 is 5.97 Å². The molecule has 0 radical (unpaired) electrons. The second kappa shape index (κ2) is 9.29. The molecule has 0 heterocycles. The van der Waals surface area contributed by atoms with Crippen molar-refractivity contribution in [3.63, 3.8) is 0 Å². The molecule has 1 amide bonds. The van der Waals surface area contributed by atoms with E-state index in [1.54, 1.807) is 6.92 Å². The predicted octanol–water partition coefficient (Wildman–Crippen LogP) is 1.27. The van der Waals surface area contributed by atoms with Gasteiger partial charge < -0.3 is 14.8 Å². The Morgan fingerprint density at radius 2 is 1.68 bits per heavy atom. The van der Waals surface area contributed by atoms with E-state index in [0.717, 1.165) is 0 Å². The molecule has 10 heteroatoms. The number of carbonyl (C=O) groups excluding carboxylic acids is 2. The standard InChI is InChI=1S/C18H19FN2O6S/c1-12(13-2-8-16(9-3-13)28(20,24)25)21-17(22)10-27-18(23)11-26-15-6-4-14(19)5-7-15/h2-9,12H,10-11H2,1H3,(H,21,22)(H2,20,24,25)/t12-/m0/s1.